The second-order valence-corrected chi connectivity index (χ2v) is 7.18. The van der Waals surface area contributed by atoms with Crippen LogP contribution < -0.4 is 5.14 Å². The van der Waals surface area contributed by atoms with Crippen molar-refractivity contribution < 1.29 is 17.6 Å². The van der Waals surface area contributed by atoms with E-state index < -0.39 is 21.7 Å². The predicted octanol–water partition coefficient (Wildman–Crippen LogP) is 2.31. The summed E-state index contributed by atoms with van der Waals surface area (Å²) < 4.78 is 37.1. The Balaban J connectivity index is 2.35. The number of nitrogens with zero attached hydrogens (tertiary/aromatic N) is 2. The summed E-state index contributed by atoms with van der Waals surface area (Å²) in [6.45, 7) is 2.69. The van der Waals surface area contributed by atoms with E-state index in [0.717, 1.165) is 36.6 Å². The number of carbonyl (C=O) groups excluding carboxylic acids is 1. The number of pyridine rings is 1. The van der Waals surface area contributed by atoms with Gasteiger partial charge in [-0.25, -0.2) is 17.9 Å². The Kier molecular flexibility index (Phi) is 6.22. The van der Waals surface area contributed by atoms with Crippen molar-refractivity contribution in [2.45, 2.75) is 31.2 Å². The number of sulfonamides is 1. The van der Waals surface area contributed by atoms with Crippen molar-refractivity contribution in [1.29, 1.82) is 0 Å². The number of unbranched alkanes of at least 4 members (excludes halogenated alkanes) is 1. The first-order valence-electron chi connectivity index (χ1n) is 7.83. The molecule has 0 saturated heterocycles. The van der Waals surface area contributed by atoms with Gasteiger partial charge in [0, 0.05) is 25.5 Å². The Morgan fingerprint density at radius 2 is 1.92 bits per heavy atom. The Morgan fingerprint density at radius 1 is 1.24 bits per heavy atom. The highest BCUT2D eigenvalue weighted by molar-refractivity contribution is 7.89. The zero-order chi connectivity index (χ0) is 18.4. The maximum absolute atomic E-state index is 14.1. The SMILES string of the molecule is CCCCN(Cc1ccncc1)C(=O)c1cc(S(N)(=O)=O)ccc1F. The fraction of sp³-hybridized carbons (Fsp3) is 0.294. The molecule has 2 rings (SSSR count). The van der Waals surface area contributed by atoms with Crippen LogP contribution in [0.5, 0.6) is 0 Å². The third kappa shape index (κ3) is 5.07. The van der Waals surface area contributed by atoms with E-state index in [1.54, 1.807) is 24.5 Å². The van der Waals surface area contributed by atoms with Crippen molar-refractivity contribution >= 4 is 15.9 Å². The molecule has 2 aromatic rings. The molecule has 2 N–H and O–H groups in total. The molecule has 134 valence electrons. The fourth-order valence-electron chi connectivity index (χ4n) is 2.33. The Labute approximate surface area is 146 Å². The first-order valence-corrected chi connectivity index (χ1v) is 9.38. The summed E-state index contributed by atoms with van der Waals surface area (Å²) in [5, 5.41) is 5.07. The minimum atomic E-state index is -4.02. The second-order valence-electron chi connectivity index (χ2n) is 5.62. The van der Waals surface area contributed by atoms with Crippen LogP contribution in [-0.4, -0.2) is 30.8 Å². The van der Waals surface area contributed by atoms with Gasteiger partial charge in [0.25, 0.3) is 5.91 Å². The van der Waals surface area contributed by atoms with Crippen LogP contribution in [0.25, 0.3) is 0 Å². The molecule has 0 aliphatic rings. The number of carbonyl (C=O) groups is 1. The number of primary sulfonamides is 1. The molecule has 0 atom stereocenters. The largest absolute Gasteiger partial charge is 0.334 e. The van der Waals surface area contributed by atoms with Gasteiger partial charge in [0.1, 0.15) is 5.82 Å². The molecule has 0 spiro atoms. The van der Waals surface area contributed by atoms with E-state index in [-0.39, 0.29) is 17.0 Å². The third-order valence-corrected chi connectivity index (χ3v) is 4.60. The summed E-state index contributed by atoms with van der Waals surface area (Å²) in [7, 11) is -4.02. The summed E-state index contributed by atoms with van der Waals surface area (Å²) in [6, 6.07) is 6.50. The number of benzene rings is 1. The van der Waals surface area contributed by atoms with Gasteiger partial charge in [-0.3, -0.25) is 9.78 Å². The number of rotatable bonds is 7. The van der Waals surface area contributed by atoms with Gasteiger partial charge in [0.2, 0.25) is 10.0 Å². The van der Waals surface area contributed by atoms with Gasteiger partial charge in [-0.2, -0.15) is 0 Å². The number of aromatic nitrogens is 1. The van der Waals surface area contributed by atoms with E-state index in [1.807, 2.05) is 6.92 Å². The zero-order valence-corrected chi connectivity index (χ0v) is 14.7. The van der Waals surface area contributed by atoms with Gasteiger partial charge >= 0.3 is 0 Å². The average molecular weight is 365 g/mol. The molecule has 6 nitrogen and oxygen atoms in total. The van der Waals surface area contributed by atoms with Gasteiger partial charge in [-0.1, -0.05) is 13.3 Å². The van der Waals surface area contributed by atoms with Crippen molar-refractivity contribution in [2.75, 3.05) is 6.54 Å². The van der Waals surface area contributed by atoms with E-state index in [1.165, 1.54) is 4.90 Å². The van der Waals surface area contributed by atoms with E-state index in [2.05, 4.69) is 4.98 Å². The highest BCUT2D eigenvalue weighted by atomic mass is 32.2. The quantitative estimate of drug-likeness (QED) is 0.815. The third-order valence-electron chi connectivity index (χ3n) is 3.69. The first-order chi connectivity index (χ1) is 11.8. The molecule has 1 aromatic carbocycles. The monoisotopic (exact) mass is 365 g/mol. The standard InChI is InChI=1S/C17H20FN3O3S/c1-2-3-10-21(12-13-6-8-20-9-7-13)17(22)15-11-14(25(19,23)24)4-5-16(15)18/h4-9,11H,2-3,10,12H2,1H3,(H2,19,23,24). The van der Waals surface area contributed by atoms with E-state index in [4.69, 9.17) is 5.14 Å². The van der Waals surface area contributed by atoms with Crippen LogP contribution >= 0.6 is 0 Å². The lowest BCUT2D eigenvalue weighted by Gasteiger charge is -2.23. The number of nitrogens with two attached hydrogens (primary N) is 1. The van der Waals surface area contributed by atoms with Crippen LogP contribution in [0.3, 0.4) is 0 Å². The Bertz CT molecular complexity index is 841. The van der Waals surface area contributed by atoms with Crippen molar-refractivity contribution in [3.05, 3.63) is 59.7 Å². The van der Waals surface area contributed by atoms with Crippen LogP contribution in [0.1, 0.15) is 35.7 Å². The number of hydrogen-bond acceptors (Lipinski definition) is 4. The van der Waals surface area contributed by atoms with Crippen LogP contribution in [-0.2, 0) is 16.6 Å². The van der Waals surface area contributed by atoms with Crippen LogP contribution in [0, 0.1) is 5.82 Å². The molecule has 0 aliphatic heterocycles. The molecule has 1 amide bonds. The maximum atomic E-state index is 14.1. The number of amides is 1. The Hall–Kier alpha value is -2.32. The normalized spacial score (nSPS) is 11.3. The van der Waals surface area contributed by atoms with Crippen LogP contribution in [0.2, 0.25) is 0 Å². The van der Waals surface area contributed by atoms with Gasteiger partial charge in [-0.15, -0.1) is 0 Å². The van der Waals surface area contributed by atoms with Crippen LogP contribution in [0.15, 0.2) is 47.6 Å². The lowest BCUT2D eigenvalue weighted by molar-refractivity contribution is 0.0735. The summed E-state index contributed by atoms with van der Waals surface area (Å²) in [5.74, 6) is -1.36. The lowest BCUT2D eigenvalue weighted by Crippen LogP contribution is -2.32. The molecule has 0 bridgehead atoms. The molecule has 0 unspecified atom stereocenters. The molecule has 0 radical (unpaired) electrons. The van der Waals surface area contributed by atoms with Crippen LogP contribution in [0.4, 0.5) is 4.39 Å². The molecule has 1 aromatic heterocycles. The summed E-state index contributed by atoms with van der Waals surface area (Å²) >= 11 is 0. The minimum Gasteiger partial charge on any atom is -0.334 e. The second kappa shape index (κ2) is 8.17. The van der Waals surface area contributed by atoms with E-state index >= 15 is 0 Å². The molecular formula is C17H20FN3O3S. The average Bonchev–Trinajstić information content (AvgIpc) is 2.58. The summed E-state index contributed by atoms with van der Waals surface area (Å²) in [4.78, 5) is 17.9. The van der Waals surface area contributed by atoms with Gasteiger partial charge in [0.15, 0.2) is 0 Å². The molecule has 1 heterocycles. The van der Waals surface area contributed by atoms with Gasteiger partial charge in [-0.05, 0) is 42.3 Å². The zero-order valence-electron chi connectivity index (χ0n) is 13.9. The van der Waals surface area contributed by atoms with Crippen molar-refractivity contribution in [2.24, 2.45) is 5.14 Å². The molecule has 0 aliphatic carbocycles. The number of halogens is 1. The van der Waals surface area contributed by atoms with E-state index in [0.29, 0.717) is 6.54 Å². The minimum absolute atomic E-state index is 0.278. The summed E-state index contributed by atoms with van der Waals surface area (Å²) in [5.41, 5.74) is 0.541. The lowest BCUT2D eigenvalue weighted by atomic mass is 10.1. The topological polar surface area (TPSA) is 93.4 Å². The van der Waals surface area contributed by atoms with Gasteiger partial charge < -0.3 is 4.90 Å². The van der Waals surface area contributed by atoms with Crippen molar-refractivity contribution in [3.63, 3.8) is 0 Å². The maximum Gasteiger partial charge on any atom is 0.257 e. The van der Waals surface area contributed by atoms with Crippen molar-refractivity contribution in [3.8, 4) is 0 Å². The highest BCUT2D eigenvalue weighted by Gasteiger charge is 2.22. The van der Waals surface area contributed by atoms with Gasteiger partial charge in [0.05, 0.1) is 10.5 Å². The predicted molar refractivity (Wildman–Crippen MR) is 91.7 cm³/mol. The molecule has 0 saturated carbocycles. The highest BCUT2D eigenvalue weighted by Crippen LogP contribution is 2.18. The Morgan fingerprint density at radius 3 is 2.52 bits per heavy atom. The van der Waals surface area contributed by atoms with Crippen molar-refractivity contribution in [1.82, 2.24) is 9.88 Å². The molecule has 0 fully saturated rings. The molecule has 25 heavy (non-hydrogen) atoms. The first kappa shape index (κ1) is 19.0. The smallest absolute Gasteiger partial charge is 0.257 e. The molecular weight excluding hydrogens is 345 g/mol. The summed E-state index contributed by atoms with van der Waals surface area (Å²) in [6.07, 6.45) is 4.83. The fourth-order valence-corrected chi connectivity index (χ4v) is 2.87. The number of hydrogen-bond donors (Lipinski definition) is 1. The van der Waals surface area contributed by atoms with E-state index in [9.17, 15) is 17.6 Å². The molecule has 8 heteroatoms.